The average Bonchev–Trinajstić information content (AvgIpc) is 3.48. The van der Waals surface area contributed by atoms with Crippen LogP contribution in [0, 0.1) is 0 Å². The molecule has 0 aliphatic heterocycles. The van der Waals surface area contributed by atoms with Crippen molar-refractivity contribution in [3.63, 3.8) is 0 Å². The SMILES string of the molecule is CCCCCCCCCCCCOc1ccc(/C=C/c2ccc(C(=O)OCCCCCCCCCCOc3ccc(-c4ccc(OCCCCCCCCCCCS)cc4)cc3)cc2)cc1OCCCCCCCCCCCC. The van der Waals surface area contributed by atoms with Gasteiger partial charge in [0.2, 0.25) is 0 Å². The third kappa shape index (κ3) is 33.9. The zero-order valence-electron chi connectivity index (χ0n) is 50.1. The number of carbonyl (C=O) groups excluding carboxylic acids is 1. The molecular formula is C72H110O6S. The molecule has 4 aromatic rings. The Hall–Kier alpha value is -4.36. The smallest absolute Gasteiger partial charge is 0.338 e. The molecule has 0 aliphatic rings. The maximum absolute atomic E-state index is 12.8. The molecule has 6 nitrogen and oxygen atoms in total. The molecule has 0 amide bonds. The predicted molar refractivity (Wildman–Crippen MR) is 342 cm³/mol. The Morgan fingerprint density at radius 3 is 1.08 bits per heavy atom. The summed E-state index contributed by atoms with van der Waals surface area (Å²) in [6.45, 7) is 7.98. The van der Waals surface area contributed by atoms with Crippen molar-refractivity contribution in [2.75, 3.05) is 38.8 Å². The monoisotopic (exact) mass is 1100 g/mol. The molecule has 0 fully saturated rings. The van der Waals surface area contributed by atoms with Crippen molar-refractivity contribution in [1.82, 2.24) is 0 Å². The van der Waals surface area contributed by atoms with E-state index in [0.717, 1.165) is 105 Å². The van der Waals surface area contributed by atoms with Crippen molar-refractivity contribution in [2.45, 2.75) is 251 Å². The number of rotatable bonds is 52. The van der Waals surface area contributed by atoms with Gasteiger partial charge in [-0.3, -0.25) is 0 Å². The lowest BCUT2D eigenvalue weighted by Crippen LogP contribution is -2.06. The minimum Gasteiger partial charge on any atom is -0.494 e. The number of esters is 1. The van der Waals surface area contributed by atoms with Crippen LogP contribution in [0.25, 0.3) is 23.3 Å². The fourth-order valence-corrected chi connectivity index (χ4v) is 10.4. The first kappa shape index (κ1) is 67.1. The molecule has 0 unspecified atom stereocenters. The van der Waals surface area contributed by atoms with Crippen LogP contribution in [0.1, 0.15) is 273 Å². The summed E-state index contributed by atoms with van der Waals surface area (Å²) in [5.74, 6) is 4.31. The third-order valence-corrected chi connectivity index (χ3v) is 15.6. The number of ether oxygens (including phenoxy) is 5. The van der Waals surface area contributed by atoms with E-state index in [2.05, 4.69) is 105 Å². The van der Waals surface area contributed by atoms with Crippen LogP contribution in [-0.2, 0) is 4.74 Å². The second-order valence-electron chi connectivity index (χ2n) is 22.3. The van der Waals surface area contributed by atoms with Crippen LogP contribution in [0.3, 0.4) is 0 Å². The van der Waals surface area contributed by atoms with Crippen LogP contribution in [0.4, 0.5) is 0 Å². The molecule has 0 heterocycles. The molecule has 0 saturated carbocycles. The van der Waals surface area contributed by atoms with Crippen molar-refractivity contribution < 1.29 is 28.5 Å². The molecule has 4 rings (SSSR count). The normalized spacial score (nSPS) is 11.4. The number of hydrogen-bond acceptors (Lipinski definition) is 7. The fraction of sp³-hybridized carbons (Fsp3) is 0.625. The Balaban J connectivity index is 1.03. The summed E-state index contributed by atoms with van der Waals surface area (Å²) >= 11 is 4.30. The molecule has 79 heavy (non-hydrogen) atoms. The van der Waals surface area contributed by atoms with Gasteiger partial charge in [-0.1, -0.05) is 268 Å². The van der Waals surface area contributed by atoms with Gasteiger partial charge in [0.1, 0.15) is 11.5 Å². The van der Waals surface area contributed by atoms with E-state index in [0.29, 0.717) is 18.8 Å². The average molecular weight is 1100 g/mol. The van der Waals surface area contributed by atoms with Crippen LogP contribution < -0.4 is 18.9 Å². The molecule has 0 radical (unpaired) electrons. The quantitative estimate of drug-likeness (QED) is 0.0206. The van der Waals surface area contributed by atoms with Crippen molar-refractivity contribution in [1.29, 1.82) is 0 Å². The highest BCUT2D eigenvalue weighted by atomic mass is 32.1. The first-order chi connectivity index (χ1) is 39.1. The Bertz CT molecular complexity index is 2060. The number of unbranched alkanes of at least 4 members (excludes halogenated alkanes) is 33. The van der Waals surface area contributed by atoms with Crippen molar-refractivity contribution in [3.05, 3.63) is 108 Å². The Kier molecular flexibility index (Phi) is 40.2. The molecular weight excluding hydrogens is 993 g/mol. The van der Waals surface area contributed by atoms with Gasteiger partial charge in [0.15, 0.2) is 11.5 Å². The second-order valence-corrected chi connectivity index (χ2v) is 22.8. The molecule has 0 N–H and O–H groups in total. The maximum Gasteiger partial charge on any atom is 0.338 e. The number of benzene rings is 4. The van der Waals surface area contributed by atoms with Crippen molar-refractivity contribution in [3.8, 4) is 34.1 Å². The van der Waals surface area contributed by atoms with E-state index >= 15 is 0 Å². The predicted octanol–water partition coefficient (Wildman–Crippen LogP) is 22.3. The van der Waals surface area contributed by atoms with Gasteiger partial charge in [-0.15, -0.1) is 0 Å². The largest absolute Gasteiger partial charge is 0.494 e. The zero-order valence-corrected chi connectivity index (χ0v) is 51.0. The van der Waals surface area contributed by atoms with Gasteiger partial charge >= 0.3 is 5.97 Å². The number of thiol groups is 1. The summed E-state index contributed by atoms with van der Waals surface area (Å²) in [7, 11) is 0. The summed E-state index contributed by atoms with van der Waals surface area (Å²) in [6.07, 6.45) is 51.1. The van der Waals surface area contributed by atoms with Crippen LogP contribution in [0.2, 0.25) is 0 Å². The maximum atomic E-state index is 12.8. The zero-order chi connectivity index (χ0) is 55.7. The van der Waals surface area contributed by atoms with Gasteiger partial charge in [-0.2, -0.15) is 12.6 Å². The topological polar surface area (TPSA) is 63.2 Å². The van der Waals surface area contributed by atoms with Gasteiger partial charge in [0.25, 0.3) is 0 Å². The highest BCUT2D eigenvalue weighted by Crippen LogP contribution is 2.31. The van der Waals surface area contributed by atoms with E-state index in [1.165, 1.54) is 204 Å². The molecule has 0 aliphatic carbocycles. The standard InChI is InChI=1S/C72H110O6S/c1-3-5-7-9-11-13-16-24-30-36-58-76-70-55-44-64(62-71(70)77-59-37-31-25-17-14-12-10-8-6-4-2)41-40-63-42-45-67(46-43-63)72(73)78-60-38-32-26-20-19-23-29-35-57-75-69-53-49-66(50-54-69)65-47-51-68(52-48-65)74-56-34-28-22-18-15-21-27-33-39-61-79/h40-55,62,79H,3-39,56-61H2,1-2H3/b41-40+. The van der Waals surface area contributed by atoms with Crippen LogP contribution in [0.15, 0.2) is 91.0 Å². The van der Waals surface area contributed by atoms with Crippen molar-refractivity contribution in [2.24, 2.45) is 0 Å². The molecule has 0 saturated heterocycles. The van der Waals surface area contributed by atoms with Crippen molar-refractivity contribution >= 4 is 30.8 Å². The number of carbonyl (C=O) groups is 1. The van der Waals surface area contributed by atoms with Crippen LogP contribution >= 0.6 is 12.6 Å². The summed E-state index contributed by atoms with van der Waals surface area (Å²) < 4.78 is 30.5. The Morgan fingerprint density at radius 1 is 0.342 bits per heavy atom. The highest BCUT2D eigenvalue weighted by Gasteiger charge is 2.10. The lowest BCUT2D eigenvalue weighted by Gasteiger charge is -2.14. The lowest BCUT2D eigenvalue weighted by atomic mass is 10.1. The fourth-order valence-electron chi connectivity index (χ4n) is 10.2. The van der Waals surface area contributed by atoms with E-state index in [1.807, 2.05) is 24.3 Å². The number of hydrogen-bond donors (Lipinski definition) is 1. The molecule has 0 aromatic heterocycles. The van der Waals surface area contributed by atoms with E-state index < -0.39 is 0 Å². The summed E-state index contributed by atoms with van der Waals surface area (Å²) in [5.41, 5.74) is 5.05. The van der Waals surface area contributed by atoms with Gasteiger partial charge in [-0.25, -0.2) is 4.79 Å². The molecule has 440 valence electrons. The van der Waals surface area contributed by atoms with Gasteiger partial charge in [0.05, 0.1) is 38.6 Å². The summed E-state index contributed by atoms with van der Waals surface area (Å²) in [5, 5.41) is 0. The molecule has 7 heteroatoms. The summed E-state index contributed by atoms with van der Waals surface area (Å²) in [4.78, 5) is 12.8. The van der Waals surface area contributed by atoms with Crippen LogP contribution in [0.5, 0.6) is 23.0 Å². The second kappa shape index (κ2) is 47.3. The molecule has 0 spiro atoms. The highest BCUT2D eigenvalue weighted by molar-refractivity contribution is 7.80. The van der Waals surface area contributed by atoms with E-state index in [-0.39, 0.29) is 5.97 Å². The molecule has 4 aromatic carbocycles. The Morgan fingerprint density at radius 2 is 0.671 bits per heavy atom. The summed E-state index contributed by atoms with van der Waals surface area (Å²) in [6, 6.07) is 30.9. The Labute approximate surface area is 488 Å². The van der Waals surface area contributed by atoms with E-state index in [4.69, 9.17) is 23.7 Å². The van der Waals surface area contributed by atoms with E-state index in [1.54, 1.807) is 0 Å². The first-order valence-electron chi connectivity index (χ1n) is 32.5. The van der Waals surface area contributed by atoms with Crippen LogP contribution in [-0.4, -0.2) is 44.8 Å². The van der Waals surface area contributed by atoms with Gasteiger partial charge in [0, 0.05) is 0 Å². The van der Waals surface area contributed by atoms with Gasteiger partial charge < -0.3 is 23.7 Å². The third-order valence-electron chi connectivity index (χ3n) is 15.2. The van der Waals surface area contributed by atoms with Gasteiger partial charge in [-0.05, 0) is 115 Å². The minimum absolute atomic E-state index is 0.254. The molecule has 0 atom stereocenters. The van der Waals surface area contributed by atoms with E-state index in [9.17, 15) is 4.79 Å². The minimum atomic E-state index is -0.254. The first-order valence-corrected chi connectivity index (χ1v) is 33.1. The molecule has 0 bridgehead atoms. The lowest BCUT2D eigenvalue weighted by molar-refractivity contribution is 0.0497.